The van der Waals surface area contributed by atoms with E-state index < -0.39 is 0 Å². The van der Waals surface area contributed by atoms with Gasteiger partial charge < -0.3 is 10.2 Å². The van der Waals surface area contributed by atoms with Gasteiger partial charge in [-0.05, 0) is 30.4 Å². The largest absolute Gasteiger partial charge is 0.396 e. The summed E-state index contributed by atoms with van der Waals surface area (Å²) in [7, 11) is 0. The Labute approximate surface area is 72.2 Å². The average Bonchev–Trinajstić information content (AvgIpc) is 2.61. The molecule has 0 atom stereocenters. The zero-order chi connectivity index (χ0) is 8.60. The van der Waals surface area contributed by atoms with Crippen molar-refractivity contribution in [1.29, 1.82) is 0 Å². The number of fused-ring (bicyclic) bond motifs is 1. The molecule has 66 valence electrons. The first-order valence-electron chi connectivity index (χ1n) is 4.40. The molecule has 2 rings (SSSR count). The second-order valence-electron chi connectivity index (χ2n) is 3.86. The molecule has 0 aromatic heterocycles. The minimum absolute atomic E-state index is 0.0954. The van der Waals surface area contributed by atoms with Gasteiger partial charge in [-0.2, -0.15) is 0 Å². The Balaban J connectivity index is 2.21. The zero-order valence-electron chi connectivity index (χ0n) is 7.08. The molecule has 12 heavy (non-hydrogen) atoms. The van der Waals surface area contributed by atoms with Crippen LogP contribution in [-0.4, -0.2) is 23.4 Å². The molecule has 0 spiro atoms. The topological polar surface area (TPSA) is 40.5 Å². The minimum atomic E-state index is -0.252. The molecule has 0 saturated heterocycles. The van der Waals surface area contributed by atoms with Crippen molar-refractivity contribution in [2.75, 3.05) is 13.2 Å². The molecule has 1 fully saturated rings. The van der Waals surface area contributed by atoms with Gasteiger partial charge >= 0.3 is 0 Å². The first-order chi connectivity index (χ1) is 5.79. The van der Waals surface area contributed by atoms with E-state index in [1.807, 2.05) is 0 Å². The van der Waals surface area contributed by atoms with Crippen LogP contribution in [0.4, 0.5) is 0 Å². The van der Waals surface area contributed by atoms with Gasteiger partial charge in [0.05, 0.1) is 13.2 Å². The van der Waals surface area contributed by atoms with Gasteiger partial charge in [-0.1, -0.05) is 12.2 Å². The molecule has 0 amide bonds. The fourth-order valence-electron chi connectivity index (χ4n) is 2.12. The summed E-state index contributed by atoms with van der Waals surface area (Å²) < 4.78 is 0. The zero-order valence-corrected chi connectivity index (χ0v) is 7.08. The molecular weight excluding hydrogens is 152 g/mol. The van der Waals surface area contributed by atoms with Crippen LogP contribution in [0, 0.1) is 5.41 Å². The average molecular weight is 166 g/mol. The summed E-state index contributed by atoms with van der Waals surface area (Å²) >= 11 is 0. The van der Waals surface area contributed by atoms with Gasteiger partial charge in [0, 0.05) is 5.41 Å². The van der Waals surface area contributed by atoms with Gasteiger partial charge in [0.25, 0.3) is 0 Å². The number of allylic oxidation sites excluding steroid dienone is 4. The van der Waals surface area contributed by atoms with Crippen LogP contribution >= 0.6 is 0 Å². The van der Waals surface area contributed by atoms with Crippen LogP contribution < -0.4 is 0 Å². The lowest BCUT2D eigenvalue weighted by Crippen LogP contribution is -2.26. The van der Waals surface area contributed by atoms with Gasteiger partial charge in [0.15, 0.2) is 0 Å². The highest BCUT2D eigenvalue weighted by Crippen LogP contribution is 2.46. The number of aliphatic hydroxyl groups excluding tert-OH is 2. The highest BCUT2D eigenvalue weighted by Gasteiger charge is 2.38. The number of rotatable bonds is 2. The Hall–Kier alpha value is -0.600. The number of hydrogen-bond donors (Lipinski definition) is 2. The third kappa shape index (κ3) is 1.03. The maximum absolute atomic E-state index is 9.16. The van der Waals surface area contributed by atoms with Gasteiger partial charge in [-0.25, -0.2) is 0 Å². The highest BCUT2D eigenvalue weighted by atomic mass is 16.3. The number of aliphatic hydroxyl groups is 2. The summed E-state index contributed by atoms with van der Waals surface area (Å²) in [6.07, 6.45) is 7.14. The minimum Gasteiger partial charge on any atom is -0.396 e. The van der Waals surface area contributed by atoms with E-state index >= 15 is 0 Å². The van der Waals surface area contributed by atoms with Crippen LogP contribution in [0.25, 0.3) is 0 Å². The Morgan fingerprint density at radius 1 is 1.08 bits per heavy atom. The molecule has 2 N–H and O–H groups in total. The first-order valence-corrected chi connectivity index (χ1v) is 4.40. The second-order valence-corrected chi connectivity index (χ2v) is 3.86. The van der Waals surface area contributed by atoms with Crippen LogP contribution in [0.2, 0.25) is 0 Å². The van der Waals surface area contributed by atoms with Crippen LogP contribution in [-0.2, 0) is 0 Å². The third-order valence-corrected chi connectivity index (χ3v) is 2.94. The van der Waals surface area contributed by atoms with Crippen molar-refractivity contribution in [2.45, 2.75) is 19.3 Å². The van der Waals surface area contributed by atoms with Crippen molar-refractivity contribution >= 4 is 0 Å². The summed E-state index contributed by atoms with van der Waals surface area (Å²) in [5.41, 5.74) is 2.44. The SMILES string of the molecule is OCC1(CO)CC2=CCC=C2C1. The van der Waals surface area contributed by atoms with E-state index in [0.29, 0.717) is 0 Å². The highest BCUT2D eigenvalue weighted by molar-refractivity contribution is 5.43. The molecule has 0 radical (unpaired) electrons. The molecule has 0 unspecified atom stereocenters. The van der Waals surface area contributed by atoms with E-state index in [1.54, 1.807) is 0 Å². The van der Waals surface area contributed by atoms with E-state index in [1.165, 1.54) is 11.1 Å². The van der Waals surface area contributed by atoms with Gasteiger partial charge in [-0.15, -0.1) is 0 Å². The molecule has 2 aliphatic rings. The van der Waals surface area contributed by atoms with Gasteiger partial charge in [0.2, 0.25) is 0 Å². The maximum atomic E-state index is 9.16. The lowest BCUT2D eigenvalue weighted by atomic mass is 9.87. The quantitative estimate of drug-likeness (QED) is 0.642. The lowest BCUT2D eigenvalue weighted by Gasteiger charge is -2.22. The Bertz CT molecular complexity index is 225. The molecule has 0 aromatic rings. The Kier molecular flexibility index (Phi) is 1.81. The van der Waals surface area contributed by atoms with E-state index in [9.17, 15) is 0 Å². The summed E-state index contributed by atoms with van der Waals surface area (Å²) in [5, 5.41) is 18.3. The second kappa shape index (κ2) is 2.71. The van der Waals surface area contributed by atoms with Crippen molar-refractivity contribution in [3.05, 3.63) is 23.3 Å². The van der Waals surface area contributed by atoms with E-state index in [0.717, 1.165) is 19.3 Å². The molecule has 1 saturated carbocycles. The molecule has 2 heteroatoms. The van der Waals surface area contributed by atoms with Crippen LogP contribution in [0.3, 0.4) is 0 Å². The summed E-state index contributed by atoms with van der Waals surface area (Å²) in [6.45, 7) is 0.191. The molecule has 0 aromatic carbocycles. The van der Waals surface area contributed by atoms with Gasteiger partial charge in [-0.3, -0.25) is 0 Å². The van der Waals surface area contributed by atoms with Crippen LogP contribution in [0.15, 0.2) is 23.3 Å². The monoisotopic (exact) mass is 166 g/mol. The fourth-order valence-corrected chi connectivity index (χ4v) is 2.12. The fraction of sp³-hybridized carbons (Fsp3) is 0.600. The predicted molar refractivity (Wildman–Crippen MR) is 46.6 cm³/mol. The van der Waals surface area contributed by atoms with E-state index in [4.69, 9.17) is 10.2 Å². The lowest BCUT2D eigenvalue weighted by molar-refractivity contribution is 0.0660. The third-order valence-electron chi connectivity index (χ3n) is 2.94. The van der Waals surface area contributed by atoms with Gasteiger partial charge in [0.1, 0.15) is 0 Å². The van der Waals surface area contributed by atoms with Crippen molar-refractivity contribution in [3.63, 3.8) is 0 Å². The van der Waals surface area contributed by atoms with Crippen molar-refractivity contribution in [2.24, 2.45) is 5.41 Å². The number of hydrogen-bond acceptors (Lipinski definition) is 2. The van der Waals surface area contributed by atoms with Crippen molar-refractivity contribution in [3.8, 4) is 0 Å². The Morgan fingerprint density at radius 3 is 2.00 bits per heavy atom. The summed E-state index contributed by atoms with van der Waals surface area (Å²) in [6, 6.07) is 0. The molecule has 0 aliphatic heterocycles. The molecule has 0 bridgehead atoms. The van der Waals surface area contributed by atoms with E-state index in [2.05, 4.69) is 12.2 Å². The standard InChI is InChI=1S/C10H14O2/c11-6-10(7-12)4-8-2-1-3-9(8)5-10/h2-3,11-12H,1,4-7H2. The summed E-state index contributed by atoms with van der Waals surface area (Å²) in [4.78, 5) is 0. The maximum Gasteiger partial charge on any atom is 0.0515 e. The van der Waals surface area contributed by atoms with Crippen LogP contribution in [0.1, 0.15) is 19.3 Å². The first kappa shape index (κ1) is 8.02. The smallest absolute Gasteiger partial charge is 0.0515 e. The normalized spacial score (nSPS) is 25.2. The van der Waals surface area contributed by atoms with Crippen LogP contribution in [0.5, 0.6) is 0 Å². The summed E-state index contributed by atoms with van der Waals surface area (Å²) in [5.74, 6) is 0. The molecule has 0 heterocycles. The predicted octanol–water partition coefficient (Wildman–Crippen LogP) is 1.01. The van der Waals surface area contributed by atoms with E-state index in [-0.39, 0.29) is 18.6 Å². The Morgan fingerprint density at radius 2 is 1.58 bits per heavy atom. The van der Waals surface area contributed by atoms with Crippen molar-refractivity contribution < 1.29 is 10.2 Å². The van der Waals surface area contributed by atoms with Crippen molar-refractivity contribution in [1.82, 2.24) is 0 Å². The molecule has 2 aliphatic carbocycles. The molecular formula is C10H14O2. The molecule has 2 nitrogen and oxygen atoms in total.